The SMILES string of the molecule is CCCCOc1ccc(-c2ccc(Br)c(F)c2)c(OCCCC)n1. The lowest BCUT2D eigenvalue weighted by molar-refractivity contribution is 0.274. The summed E-state index contributed by atoms with van der Waals surface area (Å²) in [6.07, 6.45) is 4.02. The van der Waals surface area contributed by atoms with Crippen molar-refractivity contribution in [2.75, 3.05) is 13.2 Å². The van der Waals surface area contributed by atoms with E-state index >= 15 is 0 Å². The number of nitrogens with zero attached hydrogens (tertiary/aromatic N) is 1. The summed E-state index contributed by atoms with van der Waals surface area (Å²) >= 11 is 3.18. The fraction of sp³-hybridized carbons (Fsp3) is 0.421. The second-order valence-electron chi connectivity index (χ2n) is 5.54. The molecule has 0 saturated carbocycles. The van der Waals surface area contributed by atoms with Crippen LogP contribution in [0.5, 0.6) is 11.8 Å². The van der Waals surface area contributed by atoms with Crippen molar-refractivity contribution in [3.63, 3.8) is 0 Å². The van der Waals surface area contributed by atoms with Gasteiger partial charge in [0.1, 0.15) is 5.82 Å². The molecule has 0 fully saturated rings. The molecule has 0 aliphatic carbocycles. The van der Waals surface area contributed by atoms with Crippen LogP contribution in [0.3, 0.4) is 0 Å². The number of aromatic nitrogens is 1. The van der Waals surface area contributed by atoms with Crippen LogP contribution < -0.4 is 9.47 Å². The minimum Gasteiger partial charge on any atom is -0.478 e. The van der Waals surface area contributed by atoms with Gasteiger partial charge in [0.25, 0.3) is 0 Å². The topological polar surface area (TPSA) is 31.4 Å². The zero-order valence-corrected chi connectivity index (χ0v) is 15.7. The van der Waals surface area contributed by atoms with Crippen molar-refractivity contribution < 1.29 is 13.9 Å². The van der Waals surface area contributed by atoms with Crippen molar-refractivity contribution in [3.05, 3.63) is 40.6 Å². The molecule has 0 saturated heterocycles. The van der Waals surface area contributed by atoms with Crippen LogP contribution in [0, 0.1) is 5.82 Å². The molecule has 0 spiro atoms. The lowest BCUT2D eigenvalue weighted by Crippen LogP contribution is -2.04. The van der Waals surface area contributed by atoms with Crippen LogP contribution in [0.15, 0.2) is 34.8 Å². The van der Waals surface area contributed by atoms with Gasteiger partial charge in [-0.1, -0.05) is 32.8 Å². The summed E-state index contributed by atoms with van der Waals surface area (Å²) < 4.78 is 25.8. The Bertz CT molecular complexity index is 664. The van der Waals surface area contributed by atoms with Gasteiger partial charge < -0.3 is 9.47 Å². The predicted octanol–water partition coefficient (Wildman–Crippen LogP) is 6.01. The van der Waals surface area contributed by atoms with Gasteiger partial charge in [0.05, 0.1) is 17.7 Å². The molecule has 0 radical (unpaired) electrons. The molecule has 5 heteroatoms. The molecule has 0 N–H and O–H groups in total. The maximum absolute atomic E-state index is 13.9. The van der Waals surface area contributed by atoms with E-state index < -0.39 is 0 Å². The van der Waals surface area contributed by atoms with E-state index in [0.717, 1.165) is 36.8 Å². The monoisotopic (exact) mass is 395 g/mol. The number of hydrogen-bond donors (Lipinski definition) is 0. The van der Waals surface area contributed by atoms with Crippen molar-refractivity contribution in [2.24, 2.45) is 0 Å². The highest BCUT2D eigenvalue weighted by Crippen LogP contribution is 2.32. The molecule has 0 amide bonds. The van der Waals surface area contributed by atoms with Gasteiger partial charge in [0.2, 0.25) is 11.8 Å². The minimum atomic E-state index is -0.310. The Morgan fingerprint density at radius 2 is 1.71 bits per heavy atom. The molecule has 0 atom stereocenters. The van der Waals surface area contributed by atoms with E-state index in [1.165, 1.54) is 6.07 Å². The van der Waals surface area contributed by atoms with E-state index in [-0.39, 0.29) is 5.82 Å². The Morgan fingerprint density at radius 1 is 1.00 bits per heavy atom. The average molecular weight is 396 g/mol. The molecule has 0 aliphatic heterocycles. The van der Waals surface area contributed by atoms with Crippen molar-refractivity contribution in [1.29, 1.82) is 0 Å². The fourth-order valence-corrected chi connectivity index (χ4v) is 2.38. The standard InChI is InChI=1S/C19H23BrFNO2/c1-3-5-11-23-18-10-8-15(19(22-18)24-12-6-4-2)14-7-9-16(20)17(21)13-14/h7-10,13H,3-6,11-12H2,1-2H3. The predicted molar refractivity (Wildman–Crippen MR) is 98.1 cm³/mol. The second kappa shape index (κ2) is 9.62. The summed E-state index contributed by atoms with van der Waals surface area (Å²) in [6, 6.07) is 8.68. The second-order valence-corrected chi connectivity index (χ2v) is 6.39. The Morgan fingerprint density at radius 3 is 2.38 bits per heavy atom. The lowest BCUT2D eigenvalue weighted by Gasteiger charge is -2.13. The van der Waals surface area contributed by atoms with Gasteiger partial charge in [-0.15, -0.1) is 0 Å². The number of unbranched alkanes of at least 4 members (excludes halogenated alkanes) is 2. The van der Waals surface area contributed by atoms with Crippen LogP contribution >= 0.6 is 15.9 Å². The summed E-state index contributed by atoms with van der Waals surface area (Å²) in [6.45, 7) is 5.42. The Hall–Kier alpha value is -1.62. The molecule has 0 unspecified atom stereocenters. The molecule has 130 valence electrons. The van der Waals surface area contributed by atoms with Gasteiger partial charge in [0.15, 0.2) is 0 Å². The van der Waals surface area contributed by atoms with Crippen molar-refractivity contribution in [1.82, 2.24) is 4.98 Å². The molecule has 1 heterocycles. The average Bonchev–Trinajstić information content (AvgIpc) is 2.58. The summed E-state index contributed by atoms with van der Waals surface area (Å²) in [7, 11) is 0. The smallest absolute Gasteiger partial charge is 0.224 e. The molecule has 1 aromatic heterocycles. The summed E-state index contributed by atoms with van der Waals surface area (Å²) in [4.78, 5) is 4.47. The maximum Gasteiger partial charge on any atom is 0.224 e. The summed E-state index contributed by atoms with van der Waals surface area (Å²) in [5.74, 6) is 0.714. The summed E-state index contributed by atoms with van der Waals surface area (Å²) in [5, 5.41) is 0. The third-order valence-electron chi connectivity index (χ3n) is 3.55. The highest BCUT2D eigenvalue weighted by molar-refractivity contribution is 9.10. The third-order valence-corrected chi connectivity index (χ3v) is 4.19. The number of halogens is 2. The first-order valence-electron chi connectivity index (χ1n) is 8.37. The number of benzene rings is 1. The largest absolute Gasteiger partial charge is 0.478 e. The van der Waals surface area contributed by atoms with Gasteiger partial charge in [-0.05, 0) is 52.5 Å². The Balaban J connectivity index is 2.28. The first-order valence-corrected chi connectivity index (χ1v) is 9.17. The zero-order valence-electron chi connectivity index (χ0n) is 14.1. The van der Waals surface area contributed by atoms with Crippen LogP contribution in [0.25, 0.3) is 11.1 Å². The molecule has 24 heavy (non-hydrogen) atoms. The van der Waals surface area contributed by atoms with Crippen molar-refractivity contribution >= 4 is 15.9 Å². The third kappa shape index (κ3) is 5.20. The first kappa shape index (κ1) is 18.7. The molecular formula is C19H23BrFNO2. The van der Waals surface area contributed by atoms with Gasteiger partial charge in [0, 0.05) is 11.6 Å². The van der Waals surface area contributed by atoms with Crippen LogP contribution in [-0.4, -0.2) is 18.2 Å². The zero-order chi connectivity index (χ0) is 17.4. The van der Waals surface area contributed by atoms with Crippen molar-refractivity contribution in [3.8, 4) is 22.9 Å². The normalized spacial score (nSPS) is 10.7. The Kier molecular flexibility index (Phi) is 7.50. The molecule has 0 bridgehead atoms. The number of pyridine rings is 1. The van der Waals surface area contributed by atoms with E-state index in [9.17, 15) is 4.39 Å². The van der Waals surface area contributed by atoms with E-state index in [4.69, 9.17) is 9.47 Å². The van der Waals surface area contributed by atoms with Gasteiger partial charge in [-0.25, -0.2) is 4.39 Å². The first-order chi connectivity index (χ1) is 11.7. The quantitative estimate of drug-likeness (QED) is 0.487. The van der Waals surface area contributed by atoms with E-state index in [1.54, 1.807) is 12.1 Å². The number of hydrogen-bond acceptors (Lipinski definition) is 3. The molecule has 2 rings (SSSR count). The Labute approximate surface area is 151 Å². The van der Waals surface area contributed by atoms with E-state index in [0.29, 0.717) is 29.4 Å². The highest BCUT2D eigenvalue weighted by atomic mass is 79.9. The van der Waals surface area contributed by atoms with Crippen LogP contribution in [0.2, 0.25) is 0 Å². The molecule has 3 nitrogen and oxygen atoms in total. The molecule has 1 aromatic carbocycles. The molecule has 2 aromatic rings. The lowest BCUT2D eigenvalue weighted by atomic mass is 10.1. The molecular weight excluding hydrogens is 373 g/mol. The minimum absolute atomic E-state index is 0.310. The van der Waals surface area contributed by atoms with Crippen molar-refractivity contribution in [2.45, 2.75) is 39.5 Å². The number of rotatable bonds is 9. The summed E-state index contributed by atoms with van der Waals surface area (Å²) in [5.41, 5.74) is 1.50. The van der Waals surface area contributed by atoms with Crippen LogP contribution in [-0.2, 0) is 0 Å². The van der Waals surface area contributed by atoms with Gasteiger partial charge >= 0.3 is 0 Å². The fourth-order valence-electron chi connectivity index (χ4n) is 2.13. The highest BCUT2D eigenvalue weighted by Gasteiger charge is 2.12. The van der Waals surface area contributed by atoms with E-state index in [2.05, 4.69) is 34.8 Å². The van der Waals surface area contributed by atoms with Gasteiger partial charge in [-0.3, -0.25) is 0 Å². The maximum atomic E-state index is 13.9. The van der Waals surface area contributed by atoms with Gasteiger partial charge in [-0.2, -0.15) is 4.98 Å². The molecule has 0 aliphatic rings. The van der Waals surface area contributed by atoms with Crippen LogP contribution in [0.4, 0.5) is 4.39 Å². The number of ether oxygens (including phenoxy) is 2. The van der Waals surface area contributed by atoms with Crippen LogP contribution in [0.1, 0.15) is 39.5 Å². The van der Waals surface area contributed by atoms with E-state index in [1.807, 2.05) is 12.1 Å².